The van der Waals surface area contributed by atoms with Gasteiger partial charge in [-0.1, -0.05) is 28.0 Å². The van der Waals surface area contributed by atoms with Crippen molar-refractivity contribution >= 4 is 27.9 Å². The molecule has 0 aromatic heterocycles. The zero-order valence-corrected chi connectivity index (χ0v) is 8.26. The standard InChI is InChI=1S/C8H14OS2/c9-6-3-1-2-4-8-5-7-10-11-8/h6,8H,1-5,7H2/t8-/m1/s1. The molecule has 0 bridgehead atoms. The molecule has 1 saturated heterocycles. The van der Waals surface area contributed by atoms with Crippen LogP contribution in [0.25, 0.3) is 0 Å². The quantitative estimate of drug-likeness (QED) is 0.377. The number of carbonyl (C=O) groups is 1. The topological polar surface area (TPSA) is 17.1 Å². The molecule has 1 atom stereocenters. The van der Waals surface area contributed by atoms with Crippen molar-refractivity contribution in [3.63, 3.8) is 0 Å². The Labute approximate surface area is 76.1 Å². The van der Waals surface area contributed by atoms with Gasteiger partial charge in [0.2, 0.25) is 0 Å². The maximum Gasteiger partial charge on any atom is 0.119 e. The summed E-state index contributed by atoms with van der Waals surface area (Å²) in [5.41, 5.74) is 0. The van der Waals surface area contributed by atoms with Gasteiger partial charge in [0, 0.05) is 17.4 Å². The van der Waals surface area contributed by atoms with Gasteiger partial charge in [-0.3, -0.25) is 0 Å². The highest BCUT2D eigenvalue weighted by Crippen LogP contribution is 2.39. The van der Waals surface area contributed by atoms with Gasteiger partial charge in [0.25, 0.3) is 0 Å². The van der Waals surface area contributed by atoms with Crippen molar-refractivity contribution in [1.29, 1.82) is 0 Å². The fourth-order valence-corrected chi connectivity index (χ4v) is 4.19. The summed E-state index contributed by atoms with van der Waals surface area (Å²) in [6.45, 7) is 0. The van der Waals surface area contributed by atoms with E-state index in [4.69, 9.17) is 0 Å². The molecule has 0 aromatic rings. The second kappa shape index (κ2) is 5.95. The minimum absolute atomic E-state index is 0.754. The summed E-state index contributed by atoms with van der Waals surface area (Å²) in [4.78, 5) is 9.99. The Kier molecular flexibility index (Phi) is 5.12. The van der Waals surface area contributed by atoms with Gasteiger partial charge in [-0.25, -0.2) is 0 Å². The smallest absolute Gasteiger partial charge is 0.119 e. The molecule has 1 heterocycles. The second-order valence-electron chi connectivity index (χ2n) is 2.78. The van der Waals surface area contributed by atoms with E-state index in [1.807, 2.05) is 21.6 Å². The number of carbonyl (C=O) groups excluding carboxylic acids is 1. The third-order valence-corrected chi connectivity index (χ3v) is 4.83. The summed E-state index contributed by atoms with van der Waals surface area (Å²) < 4.78 is 0. The van der Waals surface area contributed by atoms with E-state index >= 15 is 0 Å². The molecule has 1 aliphatic heterocycles. The van der Waals surface area contributed by atoms with E-state index < -0.39 is 0 Å². The monoisotopic (exact) mass is 190 g/mol. The van der Waals surface area contributed by atoms with Crippen molar-refractivity contribution in [1.82, 2.24) is 0 Å². The molecule has 0 radical (unpaired) electrons. The molecule has 0 saturated carbocycles. The van der Waals surface area contributed by atoms with Gasteiger partial charge >= 0.3 is 0 Å². The van der Waals surface area contributed by atoms with Crippen molar-refractivity contribution < 1.29 is 4.79 Å². The zero-order valence-electron chi connectivity index (χ0n) is 6.62. The van der Waals surface area contributed by atoms with Crippen LogP contribution in [0.2, 0.25) is 0 Å². The highest BCUT2D eigenvalue weighted by Gasteiger charge is 2.15. The van der Waals surface area contributed by atoms with Crippen LogP contribution in [0.3, 0.4) is 0 Å². The molecule has 1 nitrogen and oxygen atoms in total. The molecule has 0 N–H and O–H groups in total. The van der Waals surface area contributed by atoms with Crippen LogP contribution in [-0.2, 0) is 4.79 Å². The predicted octanol–water partition coefficient (Wildman–Crippen LogP) is 2.90. The summed E-state index contributed by atoms with van der Waals surface area (Å²) >= 11 is 0. The van der Waals surface area contributed by atoms with E-state index in [1.165, 1.54) is 25.0 Å². The number of unbranched alkanes of at least 4 members (excludes halogenated alkanes) is 2. The molecule has 0 amide bonds. The molecule has 1 rings (SSSR count). The Morgan fingerprint density at radius 2 is 2.36 bits per heavy atom. The summed E-state index contributed by atoms with van der Waals surface area (Å²) in [6.07, 6.45) is 6.78. The first-order valence-corrected chi connectivity index (χ1v) is 6.53. The van der Waals surface area contributed by atoms with Crippen LogP contribution in [-0.4, -0.2) is 17.3 Å². The summed E-state index contributed by atoms with van der Waals surface area (Å²) in [7, 11) is 4.02. The van der Waals surface area contributed by atoms with E-state index in [0.29, 0.717) is 0 Å². The number of rotatable bonds is 5. The fraction of sp³-hybridized carbons (Fsp3) is 0.875. The average molecular weight is 190 g/mol. The van der Waals surface area contributed by atoms with Crippen LogP contribution in [0.5, 0.6) is 0 Å². The number of hydrogen-bond acceptors (Lipinski definition) is 3. The first kappa shape index (κ1) is 9.46. The summed E-state index contributed by atoms with van der Waals surface area (Å²) in [6, 6.07) is 0. The summed E-state index contributed by atoms with van der Waals surface area (Å²) in [5, 5.41) is 0.881. The first-order chi connectivity index (χ1) is 5.43. The van der Waals surface area contributed by atoms with Gasteiger partial charge in [-0.2, -0.15) is 0 Å². The Morgan fingerprint density at radius 3 is 3.00 bits per heavy atom. The van der Waals surface area contributed by atoms with Crippen molar-refractivity contribution in [2.24, 2.45) is 0 Å². The molecule has 0 aromatic carbocycles. The van der Waals surface area contributed by atoms with E-state index in [1.54, 1.807) is 0 Å². The largest absolute Gasteiger partial charge is 0.303 e. The molecule has 0 unspecified atom stereocenters. The third-order valence-electron chi connectivity index (χ3n) is 1.83. The lowest BCUT2D eigenvalue weighted by molar-refractivity contribution is -0.107. The molecule has 11 heavy (non-hydrogen) atoms. The van der Waals surface area contributed by atoms with Crippen LogP contribution in [0.4, 0.5) is 0 Å². The van der Waals surface area contributed by atoms with E-state index in [9.17, 15) is 4.79 Å². The lowest BCUT2D eigenvalue weighted by Gasteiger charge is -2.04. The Balaban J connectivity index is 1.89. The van der Waals surface area contributed by atoms with Crippen molar-refractivity contribution in [2.45, 2.75) is 37.4 Å². The van der Waals surface area contributed by atoms with Crippen molar-refractivity contribution in [3.05, 3.63) is 0 Å². The second-order valence-corrected chi connectivity index (χ2v) is 5.57. The molecule has 0 spiro atoms. The minimum atomic E-state index is 0.754. The lowest BCUT2D eigenvalue weighted by atomic mass is 10.1. The fourth-order valence-electron chi connectivity index (χ4n) is 1.16. The Morgan fingerprint density at radius 1 is 1.45 bits per heavy atom. The predicted molar refractivity (Wildman–Crippen MR) is 53.0 cm³/mol. The van der Waals surface area contributed by atoms with E-state index in [-0.39, 0.29) is 0 Å². The Bertz CT molecular complexity index is 111. The maximum atomic E-state index is 9.99. The maximum absolute atomic E-state index is 9.99. The van der Waals surface area contributed by atoms with Crippen LogP contribution in [0.15, 0.2) is 0 Å². The Hall–Kier alpha value is 0.370. The SMILES string of the molecule is O=CCCCC[C@@H]1CCSS1. The van der Waals surface area contributed by atoms with Gasteiger partial charge in [0.05, 0.1) is 0 Å². The van der Waals surface area contributed by atoms with Gasteiger partial charge < -0.3 is 4.79 Å². The van der Waals surface area contributed by atoms with Gasteiger partial charge in [-0.15, -0.1) is 0 Å². The zero-order chi connectivity index (χ0) is 7.94. The highest BCUT2D eigenvalue weighted by atomic mass is 33.1. The molecule has 3 heteroatoms. The molecular weight excluding hydrogens is 176 g/mol. The minimum Gasteiger partial charge on any atom is -0.303 e. The van der Waals surface area contributed by atoms with Gasteiger partial charge in [-0.05, 0) is 19.3 Å². The molecule has 1 fully saturated rings. The average Bonchev–Trinajstić information content (AvgIpc) is 2.50. The van der Waals surface area contributed by atoms with Gasteiger partial charge in [0.15, 0.2) is 0 Å². The number of hydrogen-bond donors (Lipinski definition) is 0. The van der Waals surface area contributed by atoms with Gasteiger partial charge in [0.1, 0.15) is 6.29 Å². The highest BCUT2D eigenvalue weighted by molar-refractivity contribution is 8.77. The normalized spacial score (nSPS) is 23.8. The summed E-state index contributed by atoms with van der Waals surface area (Å²) in [5.74, 6) is 1.32. The third kappa shape index (κ3) is 4.06. The number of aldehydes is 1. The molecule has 0 aliphatic carbocycles. The molecule has 64 valence electrons. The van der Waals surface area contributed by atoms with Crippen molar-refractivity contribution in [2.75, 3.05) is 5.75 Å². The van der Waals surface area contributed by atoms with Crippen LogP contribution < -0.4 is 0 Å². The van der Waals surface area contributed by atoms with Crippen LogP contribution >= 0.6 is 21.6 Å². The van der Waals surface area contributed by atoms with Crippen molar-refractivity contribution in [3.8, 4) is 0 Å². The lowest BCUT2D eigenvalue weighted by Crippen LogP contribution is -1.96. The van der Waals surface area contributed by atoms with E-state index in [2.05, 4.69) is 0 Å². The molecule has 1 aliphatic rings. The van der Waals surface area contributed by atoms with E-state index in [0.717, 1.165) is 24.4 Å². The first-order valence-electron chi connectivity index (χ1n) is 4.15. The van der Waals surface area contributed by atoms with Crippen LogP contribution in [0, 0.1) is 0 Å². The van der Waals surface area contributed by atoms with Crippen LogP contribution in [0.1, 0.15) is 32.1 Å². The molecular formula is C8H14OS2.